The van der Waals surface area contributed by atoms with Crippen molar-refractivity contribution in [3.8, 4) is 11.6 Å². The minimum atomic E-state index is -1.31. The summed E-state index contributed by atoms with van der Waals surface area (Å²) >= 11 is 0. The molecule has 10 heteroatoms. The zero-order valence-corrected chi connectivity index (χ0v) is 20.5. The first-order valence-corrected chi connectivity index (χ1v) is 11.9. The number of amides is 2. The minimum absolute atomic E-state index is 0.114. The summed E-state index contributed by atoms with van der Waals surface area (Å²) in [5, 5.41) is 9.54. The number of para-hydroxylation sites is 1. The van der Waals surface area contributed by atoms with Crippen LogP contribution in [0.25, 0.3) is 0 Å². The lowest BCUT2D eigenvalue weighted by Crippen LogP contribution is -2.42. The Labute approximate surface area is 217 Å². The molecule has 0 bridgehead atoms. The number of carbonyl (C=O) groups is 2. The summed E-state index contributed by atoms with van der Waals surface area (Å²) in [4.78, 5) is 31.1. The molecule has 1 atom stereocenters. The molecule has 1 aromatic heterocycles. The fourth-order valence-electron chi connectivity index (χ4n) is 4.06. The Kier molecular flexibility index (Phi) is 6.69. The highest BCUT2D eigenvalue weighted by molar-refractivity contribution is 6.20. The van der Waals surface area contributed by atoms with Crippen LogP contribution in [0.2, 0.25) is 0 Å². The summed E-state index contributed by atoms with van der Waals surface area (Å²) in [6.45, 7) is 3.68. The van der Waals surface area contributed by atoms with Crippen LogP contribution in [0.1, 0.15) is 34.0 Å². The first kappa shape index (κ1) is 24.8. The van der Waals surface area contributed by atoms with Gasteiger partial charge in [-0.1, -0.05) is 48.5 Å². The van der Waals surface area contributed by atoms with E-state index in [9.17, 15) is 18.4 Å². The number of halogens is 2. The van der Waals surface area contributed by atoms with Gasteiger partial charge in [-0.2, -0.15) is 0 Å². The van der Waals surface area contributed by atoms with Crippen LogP contribution in [0.5, 0.6) is 11.6 Å². The topological polar surface area (TPSA) is 97.6 Å². The number of aliphatic imine (C=N–C) groups is 1. The lowest BCUT2D eigenvalue weighted by molar-refractivity contribution is -0.117. The number of benzene rings is 3. The van der Waals surface area contributed by atoms with Crippen LogP contribution in [-0.4, -0.2) is 33.5 Å². The molecule has 0 unspecified atom stereocenters. The van der Waals surface area contributed by atoms with Gasteiger partial charge in [0.2, 0.25) is 11.9 Å². The summed E-state index contributed by atoms with van der Waals surface area (Å²) in [5.74, 6) is -4.17. The van der Waals surface area contributed by atoms with Gasteiger partial charge in [-0.25, -0.2) is 13.8 Å². The molecule has 2 heterocycles. The third-order valence-electron chi connectivity index (χ3n) is 5.90. The predicted octanol–water partition coefficient (Wildman–Crippen LogP) is 4.83. The van der Waals surface area contributed by atoms with Crippen LogP contribution >= 0.6 is 0 Å². The van der Waals surface area contributed by atoms with Gasteiger partial charge in [0.1, 0.15) is 5.56 Å². The maximum atomic E-state index is 14.5. The molecule has 0 fully saturated rings. The van der Waals surface area contributed by atoms with Crippen LogP contribution in [0.4, 0.5) is 14.5 Å². The van der Waals surface area contributed by atoms with Gasteiger partial charge in [0.25, 0.3) is 17.7 Å². The van der Waals surface area contributed by atoms with Crippen molar-refractivity contribution in [3.63, 3.8) is 0 Å². The van der Waals surface area contributed by atoms with E-state index < -0.39 is 35.4 Å². The molecule has 4 aromatic rings. The molecule has 1 aliphatic heterocycles. The maximum Gasteiger partial charge on any atom is 0.269 e. The number of fused-ring (bicyclic) bond motifs is 1. The number of anilines is 1. The van der Waals surface area contributed by atoms with E-state index in [0.29, 0.717) is 29.1 Å². The van der Waals surface area contributed by atoms with Gasteiger partial charge in [-0.05, 0) is 37.6 Å². The fraction of sp³-hybridized carbons (Fsp3) is 0.143. The molecule has 5 rings (SSSR count). The normalized spacial score (nSPS) is 14.7. The molecule has 8 nitrogen and oxygen atoms in total. The number of ether oxygens (including phenoxy) is 1. The van der Waals surface area contributed by atoms with Crippen molar-refractivity contribution in [2.75, 3.05) is 5.32 Å². The van der Waals surface area contributed by atoms with E-state index in [0.717, 1.165) is 17.7 Å². The standard InChI is InChI=1S/C28H23F2N5O3/c1-3-35-15-19(28(34-35)38-24-20(29)13-16(2)14-21(24)30)26(36)33-25-27(37)31-22-12-8-7-11-18(22)23(32-25)17-9-5-4-6-10-17/h4-15,25H,3H2,1-2H3,(H,31,37)(H,33,36)/t25-/m1/s1. The van der Waals surface area contributed by atoms with Crippen molar-refractivity contribution in [2.24, 2.45) is 4.99 Å². The smallest absolute Gasteiger partial charge is 0.269 e. The van der Waals surface area contributed by atoms with Gasteiger partial charge in [0, 0.05) is 23.9 Å². The summed E-state index contributed by atoms with van der Waals surface area (Å²) < 4.78 is 35.7. The second-order valence-electron chi connectivity index (χ2n) is 8.62. The van der Waals surface area contributed by atoms with Gasteiger partial charge in [0.05, 0.1) is 11.4 Å². The Bertz CT molecular complexity index is 1540. The molecule has 3 aromatic carbocycles. The maximum absolute atomic E-state index is 14.5. The molecular formula is C28H23F2N5O3. The zero-order chi connectivity index (χ0) is 26.8. The number of rotatable bonds is 6. The molecule has 0 spiro atoms. The molecule has 0 radical (unpaired) electrons. The van der Waals surface area contributed by atoms with Crippen LogP contribution in [0.15, 0.2) is 77.9 Å². The SMILES string of the molecule is CCn1cc(C(=O)N[C@H]2N=C(c3ccccc3)c3ccccc3NC2=O)c(Oc2c(F)cc(C)cc2F)n1. The largest absolute Gasteiger partial charge is 0.431 e. The third-order valence-corrected chi connectivity index (χ3v) is 5.90. The quantitative estimate of drug-likeness (QED) is 0.385. The monoisotopic (exact) mass is 515 g/mol. The van der Waals surface area contributed by atoms with Crippen molar-refractivity contribution >= 4 is 23.2 Å². The van der Waals surface area contributed by atoms with Crippen molar-refractivity contribution in [1.82, 2.24) is 15.1 Å². The summed E-state index contributed by atoms with van der Waals surface area (Å²) in [5.41, 5.74) is 2.76. The second-order valence-corrected chi connectivity index (χ2v) is 8.62. The number of nitrogens with zero attached hydrogens (tertiary/aromatic N) is 3. The van der Waals surface area contributed by atoms with Gasteiger partial charge >= 0.3 is 0 Å². The number of nitrogens with one attached hydrogen (secondary N) is 2. The Morgan fingerprint density at radius 2 is 1.76 bits per heavy atom. The van der Waals surface area contributed by atoms with Gasteiger partial charge in [-0.3, -0.25) is 14.3 Å². The average Bonchev–Trinajstić information content (AvgIpc) is 3.26. The summed E-state index contributed by atoms with van der Waals surface area (Å²) in [7, 11) is 0. The second kappa shape index (κ2) is 10.3. The number of hydrogen-bond acceptors (Lipinski definition) is 5. The highest BCUT2D eigenvalue weighted by Gasteiger charge is 2.29. The van der Waals surface area contributed by atoms with Gasteiger partial charge < -0.3 is 15.4 Å². The van der Waals surface area contributed by atoms with E-state index in [1.54, 1.807) is 26.0 Å². The molecule has 0 saturated carbocycles. The average molecular weight is 516 g/mol. The van der Waals surface area contributed by atoms with Crippen LogP contribution < -0.4 is 15.4 Å². The zero-order valence-electron chi connectivity index (χ0n) is 20.5. The predicted molar refractivity (Wildman–Crippen MR) is 137 cm³/mol. The number of aryl methyl sites for hydroxylation is 2. The van der Waals surface area contributed by atoms with E-state index in [4.69, 9.17) is 4.74 Å². The fourth-order valence-corrected chi connectivity index (χ4v) is 4.06. The molecule has 192 valence electrons. The van der Waals surface area contributed by atoms with Crippen molar-refractivity contribution in [2.45, 2.75) is 26.6 Å². The van der Waals surface area contributed by atoms with Crippen molar-refractivity contribution in [3.05, 3.63) is 107 Å². The van der Waals surface area contributed by atoms with Crippen molar-refractivity contribution < 1.29 is 23.1 Å². The Morgan fingerprint density at radius 3 is 2.47 bits per heavy atom. The number of hydrogen-bond donors (Lipinski definition) is 2. The van der Waals surface area contributed by atoms with E-state index in [1.807, 2.05) is 42.5 Å². The Balaban J connectivity index is 1.50. The molecule has 1 aliphatic rings. The molecule has 2 amide bonds. The van der Waals surface area contributed by atoms with Gasteiger partial charge in [-0.15, -0.1) is 5.10 Å². The molecular weight excluding hydrogens is 492 g/mol. The number of carbonyl (C=O) groups excluding carboxylic acids is 2. The van der Waals surface area contributed by atoms with E-state index >= 15 is 0 Å². The lowest BCUT2D eigenvalue weighted by atomic mass is 10.0. The first-order valence-electron chi connectivity index (χ1n) is 11.9. The molecule has 38 heavy (non-hydrogen) atoms. The summed E-state index contributed by atoms with van der Waals surface area (Å²) in [6.07, 6.45) is 0.0654. The van der Waals surface area contributed by atoms with E-state index in [1.165, 1.54) is 10.9 Å². The van der Waals surface area contributed by atoms with E-state index in [2.05, 4.69) is 20.7 Å². The Morgan fingerprint density at radius 1 is 1.08 bits per heavy atom. The number of benzodiazepines with no additional fused rings is 1. The third kappa shape index (κ3) is 4.88. The highest BCUT2D eigenvalue weighted by Crippen LogP contribution is 2.30. The summed E-state index contributed by atoms with van der Waals surface area (Å²) in [6, 6.07) is 18.7. The van der Waals surface area contributed by atoms with Gasteiger partial charge in [0.15, 0.2) is 11.6 Å². The first-order chi connectivity index (χ1) is 18.3. The molecule has 0 saturated heterocycles. The highest BCUT2D eigenvalue weighted by atomic mass is 19.1. The molecule has 0 aliphatic carbocycles. The van der Waals surface area contributed by atoms with E-state index in [-0.39, 0.29) is 11.4 Å². The number of aromatic nitrogens is 2. The Hall–Kier alpha value is -4.86. The van der Waals surface area contributed by atoms with Crippen LogP contribution in [0, 0.1) is 18.6 Å². The lowest BCUT2D eigenvalue weighted by Gasteiger charge is -2.13. The van der Waals surface area contributed by atoms with Crippen LogP contribution in [-0.2, 0) is 11.3 Å². The van der Waals surface area contributed by atoms with Crippen molar-refractivity contribution in [1.29, 1.82) is 0 Å². The minimum Gasteiger partial charge on any atom is -0.431 e. The van der Waals surface area contributed by atoms with Crippen LogP contribution in [0.3, 0.4) is 0 Å². The molecule has 2 N–H and O–H groups in total.